The maximum Gasteiger partial charge on any atom is 0.238 e. The van der Waals surface area contributed by atoms with Crippen LogP contribution in [-0.2, 0) is 11.3 Å². The number of alkyl halides is 1. The molecule has 82 valence electrons. The molecule has 1 amide bonds. The van der Waals surface area contributed by atoms with E-state index in [0.717, 1.165) is 0 Å². The first-order valence-electron chi connectivity index (χ1n) is 4.67. The van der Waals surface area contributed by atoms with Crippen LogP contribution < -0.4 is 0 Å². The van der Waals surface area contributed by atoms with Crippen LogP contribution in [0.4, 0.5) is 0 Å². The molecule has 1 aromatic heterocycles. The van der Waals surface area contributed by atoms with Crippen LogP contribution in [0.5, 0.6) is 0 Å². The summed E-state index contributed by atoms with van der Waals surface area (Å²) in [6, 6.07) is 0. The number of halogens is 1. The van der Waals surface area contributed by atoms with Gasteiger partial charge >= 0.3 is 0 Å². The Morgan fingerprint density at radius 3 is 2.67 bits per heavy atom. The molecule has 5 nitrogen and oxygen atoms in total. The van der Waals surface area contributed by atoms with Crippen molar-refractivity contribution < 1.29 is 9.21 Å². The molecule has 0 spiro atoms. The third-order valence-corrected chi connectivity index (χ3v) is 4.72. The fraction of sp³-hybridized carbons (Fsp3) is 0.667. The maximum atomic E-state index is 11.6. The zero-order valence-electron chi connectivity index (χ0n) is 8.82. The van der Waals surface area contributed by atoms with Gasteiger partial charge in [-0.1, -0.05) is 22.6 Å². The predicted molar refractivity (Wildman–Crippen MR) is 61.5 cm³/mol. The molecule has 1 aromatic rings. The lowest BCUT2D eigenvalue weighted by molar-refractivity contribution is -0.152. The summed E-state index contributed by atoms with van der Waals surface area (Å²) in [5.41, 5.74) is -0.125. The van der Waals surface area contributed by atoms with Crippen molar-refractivity contribution in [1.82, 2.24) is 15.1 Å². The number of hydrogen-bond donors (Lipinski definition) is 0. The summed E-state index contributed by atoms with van der Waals surface area (Å²) in [6.45, 7) is 6.22. The Bertz CT molecular complexity index is 402. The summed E-state index contributed by atoms with van der Waals surface area (Å²) in [5.74, 6) is 1.16. The smallest absolute Gasteiger partial charge is 0.238 e. The molecule has 0 aliphatic carbocycles. The van der Waals surface area contributed by atoms with Crippen LogP contribution in [0, 0.1) is 6.92 Å². The van der Waals surface area contributed by atoms with Crippen molar-refractivity contribution >= 4 is 28.5 Å². The molecule has 1 aliphatic heterocycles. The van der Waals surface area contributed by atoms with E-state index in [9.17, 15) is 4.79 Å². The lowest BCUT2D eigenvalue weighted by Crippen LogP contribution is -2.68. The van der Waals surface area contributed by atoms with Gasteiger partial charge in [0.05, 0.1) is 12.1 Å². The van der Waals surface area contributed by atoms with Crippen molar-refractivity contribution in [3.63, 3.8) is 0 Å². The Balaban J connectivity index is 2.11. The third kappa shape index (κ3) is 1.64. The van der Waals surface area contributed by atoms with Gasteiger partial charge in [-0.25, -0.2) is 0 Å². The molecule has 0 N–H and O–H groups in total. The highest BCUT2D eigenvalue weighted by molar-refractivity contribution is 14.1. The number of hydrogen-bond acceptors (Lipinski definition) is 4. The minimum Gasteiger partial charge on any atom is -0.424 e. The van der Waals surface area contributed by atoms with E-state index in [1.165, 1.54) is 0 Å². The number of aromatic nitrogens is 2. The molecule has 15 heavy (non-hydrogen) atoms. The maximum absolute atomic E-state index is 11.6. The lowest BCUT2D eigenvalue weighted by Gasteiger charge is -2.51. The molecule has 1 aliphatic rings. The highest BCUT2D eigenvalue weighted by Gasteiger charge is 2.52. The van der Waals surface area contributed by atoms with Crippen LogP contribution in [0.2, 0.25) is 0 Å². The molecule has 0 radical (unpaired) electrons. The number of carbonyl (C=O) groups is 1. The van der Waals surface area contributed by atoms with Gasteiger partial charge in [0, 0.05) is 6.92 Å². The van der Waals surface area contributed by atoms with Gasteiger partial charge < -0.3 is 9.32 Å². The summed E-state index contributed by atoms with van der Waals surface area (Å²) >= 11 is 2.17. The fourth-order valence-corrected chi connectivity index (χ4v) is 2.28. The van der Waals surface area contributed by atoms with Gasteiger partial charge in [-0.3, -0.25) is 4.79 Å². The molecular weight excluding hydrogens is 309 g/mol. The number of rotatable bonds is 2. The molecule has 0 saturated carbocycles. The van der Waals surface area contributed by atoms with Crippen LogP contribution in [0.25, 0.3) is 0 Å². The van der Waals surface area contributed by atoms with Crippen molar-refractivity contribution in [2.75, 3.05) is 0 Å². The average Bonchev–Trinajstić information content (AvgIpc) is 2.59. The summed E-state index contributed by atoms with van der Waals surface area (Å²) in [5, 5.41) is 7.61. The van der Waals surface area contributed by atoms with E-state index in [0.29, 0.717) is 18.3 Å². The van der Waals surface area contributed by atoms with Crippen molar-refractivity contribution in [2.45, 2.75) is 36.8 Å². The van der Waals surface area contributed by atoms with Crippen LogP contribution >= 0.6 is 22.6 Å². The summed E-state index contributed by atoms with van der Waals surface area (Å²) in [4.78, 5) is 13.4. The monoisotopic (exact) mass is 321 g/mol. The standard InChI is InChI=1S/C9H12IN3O2/c1-5-11-12-6(15-5)4-13-8(14)7(10)9(13,2)3/h7H,4H2,1-3H3. The Labute approximate surface area is 101 Å². The van der Waals surface area contributed by atoms with Crippen LogP contribution in [0.3, 0.4) is 0 Å². The number of aryl methyl sites for hydroxylation is 1. The molecule has 2 heterocycles. The van der Waals surface area contributed by atoms with Crippen LogP contribution in [0.1, 0.15) is 25.6 Å². The topological polar surface area (TPSA) is 59.2 Å². The zero-order valence-corrected chi connectivity index (χ0v) is 11.0. The van der Waals surface area contributed by atoms with E-state index >= 15 is 0 Å². The molecule has 0 bridgehead atoms. The Morgan fingerprint density at radius 2 is 2.20 bits per heavy atom. The summed E-state index contributed by atoms with van der Waals surface area (Å²) in [7, 11) is 0. The Kier molecular flexibility index (Phi) is 2.48. The quantitative estimate of drug-likeness (QED) is 0.468. The van der Waals surface area contributed by atoms with Gasteiger partial charge in [0.1, 0.15) is 3.92 Å². The molecule has 2 rings (SSSR count). The van der Waals surface area contributed by atoms with E-state index in [4.69, 9.17) is 4.42 Å². The lowest BCUT2D eigenvalue weighted by atomic mass is 9.88. The van der Waals surface area contributed by atoms with E-state index in [2.05, 4.69) is 32.8 Å². The van der Waals surface area contributed by atoms with Gasteiger partial charge in [-0.15, -0.1) is 10.2 Å². The predicted octanol–water partition coefficient (Wildman–Crippen LogP) is 1.30. The highest BCUT2D eigenvalue weighted by atomic mass is 127. The van der Waals surface area contributed by atoms with E-state index < -0.39 is 0 Å². The van der Waals surface area contributed by atoms with Crippen molar-refractivity contribution in [3.8, 4) is 0 Å². The number of amides is 1. The summed E-state index contributed by atoms with van der Waals surface area (Å²) < 4.78 is 5.29. The van der Waals surface area contributed by atoms with Crippen molar-refractivity contribution in [1.29, 1.82) is 0 Å². The minimum absolute atomic E-state index is 0.0409. The largest absolute Gasteiger partial charge is 0.424 e. The first kappa shape index (κ1) is 10.8. The molecule has 1 unspecified atom stereocenters. The van der Waals surface area contributed by atoms with E-state index in [-0.39, 0.29) is 15.4 Å². The molecular formula is C9H12IN3O2. The second-order valence-corrected chi connectivity index (χ2v) is 5.40. The van der Waals surface area contributed by atoms with E-state index in [1.807, 2.05) is 13.8 Å². The van der Waals surface area contributed by atoms with Crippen molar-refractivity contribution in [3.05, 3.63) is 11.8 Å². The number of β-lactam (4-membered cyclic amide) rings is 1. The average molecular weight is 321 g/mol. The molecule has 0 aromatic carbocycles. The van der Waals surface area contributed by atoms with Gasteiger partial charge in [0.25, 0.3) is 0 Å². The second-order valence-electron chi connectivity index (χ2n) is 4.16. The van der Waals surface area contributed by atoms with Gasteiger partial charge in [-0.05, 0) is 13.8 Å². The molecule has 6 heteroatoms. The van der Waals surface area contributed by atoms with Gasteiger partial charge in [0.2, 0.25) is 17.7 Å². The fourth-order valence-electron chi connectivity index (χ4n) is 1.61. The second kappa shape index (κ2) is 3.43. The molecule has 1 atom stereocenters. The van der Waals surface area contributed by atoms with Crippen molar-refractivity contribution in [2.24, 2.45) is 0 Å². The number of carbonyl (C=O) groups excluding carboxylic acids is 1. The molecule has 1 saturated heterocycles. The van der Waals surface area contributed by atoms with Gasteiger partial charge in [0.15, 0.2) is 0 Å². The van der Waals surface area contributed by atoms with Crippen LogP contribution in [-0.4, -0.2) is 30.5 Å². The normalized spacial score (nSPS) is 24.1. The SMILES string of the molecule is Cc1nnc(CN2C(=O)C(I)C2(C)C)o1. The van der Waals surface area contributed by atoms with Crippen LogP contribution in [0.15, 0.2) is 4.42 Å². The zero-order chi connectivity index (χ0) is 11.2. The highest BCUT2D eigenvalue weighted by Crippen LogP contribution is 2.38. The minimum atomic E-state index is -0.125. The first-order valence-corrected chi connectivity index (χ1v) is 5.92. The van der Waals surface area contributed by atoms with Gasteiger partial charge in [-0.2, -0.15) is 0 Å². The third-order valence-electron chi connectivity index (χ3n) is 2.66. The number of nitrogens with zero attached hydrogens (tertiary/aromatic N) is 3. The summed E-state index contributed by atoms with van der Waals surface area (Å²) in [6.07, 6.45) is 0. The number of likely N-dealkylation sites (tertiary alicyclic amines) is 1. The first-order chi connectivity index (χ1) is 6.93. The van der Waals surface area contributed by atoms with E-state index in [1.54, 1.807) is 11.8 Å². The molecule has 1 fully saturated rings. The Hall–Kier alpha value is -0.660. The Morgan fingerprint density at radius 1 is 1.53 bits per heavy atom.